The number of pyridine rings is 1. The number of hydrogen-bond donors (Lipinski definition) is 1. The fourth-order valence-electron chi connectivity index (χ4n) is 0.986. The van der Waals surface area contributed by atoms with Crippen molar-refractivity contribution in [2.75, 3.05) is 6.61 Å². The highest BCUT2D eigenvalue weighted by atomic mass is 16.3. The molecule has 2 heteroatoms. The highest BCUT2D eigenvalue weighted by Gasteiger charge is 2.00. The fourth-order valence-corrected chi connectivity index (χ4v) is 0.986. The van der Waals surface area contributed by atoms with E-state index in [9.17, 15) is 0 Å². The molecule has 0 radical (unpaired) electrons. The van der Waals surface area contributed by atoms with Gasteiger partial charge in [0.25, 0.3) is 0 Å². The van der Waals surface area contributed by atoms with Crippen molar-refractivity contribution in [2.24, 2.45) is 5.92 Å². The van der Waals surface area contributed by atoms with Crippen LogP contribution < -0.4 is 0 Å². The molecule has 0 aliphatic rings. The van der Waals surface area contributed by atoms with E-state index in [-0.39, 0.29) is 6.61 Å². The van der Waals surface area contributed by atoms with E-state index in [2.05, 4.69) is 4.98 Å². The molecule has 1 heterocycles. The lowest BCUT2D eigenvalue weighted by Crippen LogP contribution is -2.04. The van der Waals surface area contributed by atoms with E-state index in [4.69, 9.17) is 5.11 Å². The first-order chi connectivity index (χ1) is 5.33. The van der Waals surface area contributed by atoms with E-state index in [0.29, 0.717) is 5.92 Å². The van der Waals surface area contributed by atoms with Crippen LogP contribution in [0.15, 0.2) is 24.5 Å². The van der Waals surface area contributed by atoms with Gasteiger partial charge in [0.2, 0.25) is 0 Å². The summed E-state index contributed by atoms with van der Waals surface area (Å²) in [5.41, 5.74) is 1.19. The summed E-state index contributed by atoms with van der Waals surface area (Å²) in [6, 6.07) is 3.94. The van der Waals surface area contributed by atoms with Gasteiger partial charge >= 0.3 is 0 Å². The van der Waals surface area contributed by atoms with Crippen molar-refractivity contribution in [3.63, 3.8) is 0 Å². The van der Waals surface area contributed by atoms with Gasteiger partial charge in [-0.05, 0) is 24.0 Å². The minimum absolute atomic E-state index is 0.245. The molecule has 1 atom stereocenters. The molecule has 0 saturated heterocycles. The molecule has 0 saturated carbocycles. The lowest BCUT2D eigenvalue weighted by Gasteiger charge is -2.05. The number of rotatable bonds is 3. The zero-order valence-corrected chi connectivity index (χ0v) is 6.70. The molecule has 60 valence electrons. The van der Waals surface area contributed by atoms with Crippen molar-refractivity contribution < 1.29 is 5.11 Å². The first-order valence-corrected chi connectivity index (χ1v) is 3.82. The van der Waals surface area contributed by atoms with Gasteiger partial charge in [-0.25, -0.2) is 0 Å². The number of aliphatic hydroxyl groups excluding tert-OH is 1. The molecule has 1 aromatic rings. The molecule has 0 aliphatic carbocycles. The van der Waals surface area contributed by atoms with Gasteiger partial charge in [0.1, 0.15) is 0 Å². The standard InChI is InChI=1S/C9H13NO/c1-8(7-11)5-9-3-2-4-10-6-9/h2-4,6,8,11H,5,7H2,1H3/t8-/m0/s1. The number of nitrogens with zero attached hydrogens (tertiary/aromatic N) is 1. The van der Waals surface area contributed by atoms with Gasteiger partial charge in [0, 0.05) is 19.0 Å². The second-order valence-corrected chi connectivity index (χ2v) is 2.85. The molecular formula is C9H13NO. The minimum Gasteiger partial charge on any atom is -0.396 e. The van der Waals surface area contributed by atoms with Crippen LogP contribution in [0.2, 0.25) is 0 Å². The van der Waals surface area contributed by atoms with E-state index < -0.39 is 0 Å². The minimum atomic E-state index is 0.245. The van der Waals surface area contributed by atoms with Gasteiger partial charge in [-0.3, -0.25) is 4.98 Å². The van der Waals surface area contributed by atoms with Crippen LogP contribution in [0.3, 0.4) is 0 Å². The molecule has 0 aromatic carbocycles. The van der Waals surface area contributed by atoms with Crippen molar-refractivity contribution in [1.82, 2.24) is 4.98 Å². The average Bonchev–Trinajstić information content (AvgIpc) is 2.06. The lowest BCUT2D eigenvalue weighted by molar-refractivity contribution is 0.237. The highest BCUT2D eigenvalue weighted by Crippen LogP contribution is 2.05. The van der Waals surface area contributed by atoms with Crippen LogP contribution in [-0.2, 0) is 6.42 Å². The van der Waals surface area contributed by atoms with Crippen molar-refractivity contribution in [2.45, 2.75) is 13.3 Å². The largest absolute Gasteiger partial charge is 0.396 e. The van der Waals surface area contributed by atoms with Crippen LogP contribution in [0.5, 0.6) is 0 Å². The van der Waals surface area contributed by atoms with Crippen molar-refractivity contribution in [1.29, 1.82) is 0 Å². The molecular weight excluding hydrogens is 138 g/mol. The Morgan fingerprint density at radius 2 is 2.45 bits per heavy atom. The third-order valence-electron chi connectivity index (χ3n) is 1.62. The van der Waals surface area contributed by atoms with Crippen LogP contribution in [0.25, 0.3) is 0 Å². The van der Waals surface area contributed by atoms with E-state index in [1.807, 2.05) is 25.3 Å². The Kier molecular flexibility index (Phi) is 3.05. The van der Waals surface area contributed by atoms with Crippen molar-refractivity contribution >= 4 is 0 Å². The molecule has 1 rings (SSSR count). The molecule has 0 fully saturated rings. The Labute approximate surface area is 66.9 Å². The maximum Gasteiger partial charge on any atom is 0.0459 e. The van der Waals surface area contributed by atoms with Crippen molar-refractivity contribution in [3.8, 4) is 0 Å². The zero-order chi connectivity index (χ0) is 8.10. The van der Waals surface area contributed by atoms with E-state index >= 15 is 0 Å². The smallest absolute Gasteiger partial charge is 0.0459 e. The van der Waals surface area contributed by atoms with Crippen LogP contribution in [0, 0.1) is 5.92 Å². The Morgan fingerprint density at radius 1 is 1.64 bits per heavy atom. The fraction of sp³-hybridized carbons (Fsp3) is 0.444. The Balaban J connectivity index is 2.51. The van der Waals surface area contributed by atoms with E-state index in [1.165, 1.54) is 5.56 Å². The SMILES string of the molecule is C[C@H](CO)Cc1cccnc1. The van der Waals surface area contributed by atoms with Gasteiger partial charge in [-0.2, -0.15) is 0 Å². The summed E-state index contributed by atoms with van der Waals surface area (Å²) in [4.78, 5) is 3.99. The zero-order valence-electron chi connectivity index (χ0n) is 6.70. The number of aliphatic hydroxyl groups is 1. The summed E-state index contributed by atoms with van der Waals surface area (Å²) in [6.45, 7) is 2.27. The summed E-state index contributed by atoms with van der Waals surface area (Å²) in [5, 5.41) is 8.78. The summed E-state index contributed by atoms with van der Waals surface area (Å²) < 4.78 is 0. The number of aromatic nitrogens is 1. The van der Waals surface area contributed by atoms with E-state index in [1.54, 1.807) is 6.20 Å². The molecule has 11 heavy (non-hydrogen) atoms. The molecule has 0 amide bonds. The van der Waals surface area contributed by atoms with Gasteiger partial charge in [0.15, 0.2) is 0 Å². The third-order valence-corrected chi connectivity index (χ3v) is 1.62. The van der Waals surface area contributed by atoms with Gasteiger partial charge in [-0.1, -0.05) is 13.0 Å². The molecule has 0 spiro atoms. The Bertz CT molecular complexity index is 198. The lowest BCUT2D eigenvalue weighted by atomic mass is 10.0. The van der Waals surface area contributed by atoms with Gasteiger partial charge < -0.3 is 5.11 Å². The highest BCUT2D eigenvalue weighted by molar-refractivity contribution is 5.08. The Morgan fingerprint density at radius 3 is 3.00 bits per heavy atom. The Hall–Kier alpha value is -0.890. The molecule has 1 aromatic heterocycles. The monoisotopic (exact) mass is 151 g/mol. The van der Waals surface area contributed by atoms with Crippen LogP contribution in [0.4, 0.5) is 0 Å². The van der Waals surface area contributed by atoms with E-state index in [0.717, 1.165) is 6.42 Å². The first kappa shape index (κ1) is 8.21. The van der Waals surface area contributed by atoms with Gasteiger partial charge in [0.05, 0.1) is 0 Å². The summed E-state index contributed by atoms with van der Waals surface area (Å²) >= 11 is 0. The van der Waals surface area contributed by atoms with Crippen LogP contribution in [-0.4, -0.2) is 16.7 Å². The molecule has 0 bridgehead atoms. The second kappa shape index (κ2) is 4.09. The maximum absolute atomic E-state index is 8.78. The van der Waals surface area contributed by atoms with Gasteiger partial charge in [-0.15, -0.1) is 0 Å². The predicted octanol–water partition coefficient (Wildman–Crippen LogP) is 1.25. The van der Waals surface area contributed by atoms with Crippen LogP contribution >= 0.6 is 0 Å². The maximum atomic E-state index is 8.78. The molecule has 0 aliphatic heterocycles. The predicted molar refractivity (Wildman–Crippen MR) is 44.2 cm³/mol. The molecule has 1 N–H and O–H groups in total. The summed E-state index contributed by atoms with van der Waals surface area (Å²) in [6.07, 6.45) is 4.50. The topological polar surface area (TPSA) is 33.1 Å². The summed E-state index contributed by atoms with van der Waals surface area (Å²) in [7, 11) is 0. The molecule has 2 nitrogen and oxygen atoms in total. The number of hydrogen-bond acceptors (Lipinski definition) is 2. The second-order valence-electron chi connectivity index (χ2n) is 2.85. The third kappa shape index (κ3) is 2.68. The normalized spacial score (nSPS) is 12.9. The first-order valence-electron chi connectivity index (χ1n) is 3.82. The van der Waals surface area contributed by atoms with Crippen LogP contribution in [0.1, 0.15) is 12.5 Å². The quantitative estimate of drug-likeness (QED) is 0.705. The van der Waals surface area contributed by atoms with Crippen molar-refractivity contribution in [3.05, 3.63) is 30.1 Å². The molecule has 0 unspecified atom stereocenters. The average molecular weight is 151 g/mol. The summed E-state index contributed by atoms with van der Waals surface area (Å²) in [5.74, 6) is 0.333.